The van der Waals surface area contributed by atoms with Crippen molar-refractivity contribution in [3.05, 3.63) is 77.7 Å². The van der Waals surface area contributed by atoms with E-state index in [9.17, 15) is 18.0 Å². The number of carbonyl (C=O) groups excluding carboxylic acids is 2. The van der Waals surface area contributed by atoms with Crippen LogP contribution in [-0.2, 0) is 25.8 Å². The van der Waals surface area contributed by atoms with E-state index in [1.54, 1.807) is 23.1 Å². The molecule has 0 aliphatic carbocycles. The van der Waals surface area contributed by atoms with Crippen LogP contribution >= 0.6 is 0 Å². The summed E-state index contributed by atoms with van der Waals surface area (Å²) >= 11 is 0. The highest BCUT2D eigenvalue weighted by Crippen LogP contribution is 2.14. The van der Waals surface area contributed by atoms with E-state index >= 15 is 0 Å². The van der Waals surface area contributed by atoms with Gasteiger partial charge in [0.25, 0.3) is 0 Å². The molecule has 0 spiro atoms. The molecule has 200 valence electrons. The summed E-state index contributed by atoms with van der Waals surface area (Å²) in [7, 11) is -3.67. The maximum atomic E-state index is 13.4. The molecular formula is C28H37N3O5S. The van der Waals surface area contributed by atoms with E-state index in [0.29, 0.717) is 45.6 Å². The van der Waals surface area contributed by atoms with Crippen molar-refractivity contribution in [3.63, 3.8) is 0 Å². The Morgan fingerprint density at radius 3 is 2.22 bits per heavy atom. The van der Waals surface area contributed by atoms with Crippen molar-refractivity contribution in [2.24, 2.45) is 5.92 Å². The zero-order chi connectivity index (χ0) is 26.7. The summed E-state index contributed by atoms with van der Waals surface area (Å²) in [6, 6.07) is 16.4. The first-order chi connectivity index (χ1) is 17.7. The Kier molecular flexibility index (Phi) is 10.7. The number of urea groups is 1. The van der Waals surface area contributed by atoms with E-state index in [-0.39, 0.29) is 22.8 Å². The van der Waals surface area contributed by atoms with E-state index < -0.39 is 21.9 Å². The molecule has 2 aromatic rings. The standard InChI is InChI=1S/C28H37N3O5S/c1-22(2)21-26(30-28(33)31-16-18-36-19-17-31)27(32)29-24(14-13-23-9-5-3-6-10-23)15-20-37(34,35)25-11-7-4-8-12-25/h3-12,15,20,22,24,26H,13-14,16-19,21H2,1-2H3,(H,29,32)(H,30,33)/b20-15+/t24-,26+/m0/s1. The lowest BCUT2D eigenvalue weighted by molar-refractivity contribution is -0.123. The summed E-state index contributed by atoms with van der Waals surface area (Å²) in [6.07, 6.45) is 3.14. The molecule has 9 heteroatoms. The van der Waals surface area contributed by atoms with Gasteiger partial charge in [-0.25, -0.2) is 13.2 Å². The van der Waals surface area contributed by atoms with E-state index in [0.717, 1.165) is 11.0 Å². The van der Waals surface area contributed by atoms with Gasteiger partial charge in [-0.2, -0.15) is 0 Å². The fourth-order valence-electron chi connectivity index (χ4n) is 4.06. The third-order valence-electron chi connectivity index (χ3n) is 6.10. The quantitative estimate of drug-likeness (QED) is 0.465. The van der Waals surface area contributed by atoms with Crippen LogP contribution in [0.2, 0.25) is 0 Å². The van der Waals surface area contributed by atoms with Crippen molar-refractivity contribution < 1.29 is 22.7 Å². The van der Waals surface area contributed by atoms with Gasteiger partial charge in [0.2, 0.25) is 5.91 Å². The number of nitrogens with zero attached hydrogens (tertiary/aromatic N) is 1. The Morgan fingerprint density at radius 1 is 0.973 bits per heavy atom. The maximum absolute atomic E-state index is 13.4. The third kappa shape index (κ3) is 9.33. The van der Waals surface area contributed by atoms with Crippen LogP contribution in [0.1, 0.15) is 32.3 Å². The number of aryl methyl sites for hydroxylation is 1. The first kappa shape index (κ1) is 28.4. The van der Waals surface area contributed by atoms with E-state index in [1.807, 2.05) is 44.2 Å². The van der Waals surface area contributed by atoms with Gasteiger partial charge in [0.1, 0.15) is 6.04 Å². The van der Waals surface area contributed by atoms with Gasteiger partial charge < -0.3 is 20.3 Å². The summed E-state index contributed by atoms with van der Waals surface area (Å²) in [5.74, 6) is -0.173. The van der Waals surface area contributed by atoms with Gasteiger partial charge in [0.05, 0.1) is 18.1 Å². The van der Waals surface area contributed by atoms with Crippen LogP contribution in [-0.4, -0.2) is 63.6 Å². The number of sulfone groups is 1. The van der Waals surface area contributed by atoms with Crippen molar-refractivity contribution >= 4 is 21.8 Å². The lowest BCUT2D eigenvalue weighted by atomic mass is 10.0. The van der Waals surface area contributed by atoms with E-state index in [2.05, 4.69) is 10.6 Å². The largest absolute Gasteiger partial charge is 0.378 e. The number of ether oxygens (including phenoxy) is 1. The Hall–Kier alpha value is -3.17. The Labute approximate surface area is 220 Å². The lowest BCUT2D eigenvalue weighted by Crippen LogP contribution is -2.54. The number of amides is 3. The molecule has 0 bridgehead atoms. The van der Waals surface area contributed by atoms with Gasteiger partial charge in [0, 0.05) is 24.5 Å². The van der Waals surface area contributed by atoms with Gasteiger partial charge in [0.15, 0.2) is 9.84 Å². The van der Waals surface area contributed by atoms with Gasteiger partial charge in [-0.3, -0.25) is 4.79 Å². The van der Waals surface area contributed by atoms with Crippen LogP contribution in [0.3, 0.4) is 0 Å². The van der Waals surface area contributed by atoms with Gasteiger partial charge in [-0.05, 0) is 42.9 Å². The number of carbonyl (C=O) groups is 2. The molecule has 2 aromatic carbocycles. The highest BCUT2D eigenvalue weighted by Gasteiger charge is 2.27. The van der Waals surface area contributed by atoms with Crippen LogP contribution in [0.4, 0.5) is 4.79 Å². The Bertz CT molecular complexity index is 1130. The minimum absolute atomic E-state index is 0.164. The Morgan fingerprint density at radius 2 is 1.59 bits per heavy atom. The van der Waals surface area contributed by atoms with Crippen molar-refractivity contribution in [2.45, 2.75) is 50.1 Å². The molecule has 0 aromatic heterocycles. The van der Waals surface area contributed by atoms with Gasteiger partial charge >= 0.3 is 6.03 Å². The summed E-state index contributed by atoms with van der Waals surface area (Å²) in [6.45, 7) is 5.86. The van der Waals surface area contributed by atoms with E-state index in [4.69, 9.17) is 4.74 Å². The third-order valence-corrected chi connectivity index (χ3v) is 7.54. The maximum Gasteiger partial charge on any atom is 0.318 e. The fourth-order valence-corrected chi connectivity index (χ4v) is 5.15. The molecule has 1 fully saturated rings. The van der Waals surface area contributed by atoms with Crippen molar-refractivity contribution in [1.29, 1.82) is 0 Å². The molecule has 0 saturated carbocycles. The first-order valence-electron chi connectivity index (χ1n) is 12.7. The van der Waals surface area contributed by atoms with Crippen LogP contribution in [0, 0.1) is 5.92 Å². The number of benzene rings is 2. The monoisotopic (exact) mass is 527 g/mol. The molecule has 2 atom stereocenters. The molecule has 3 amide bonds. The van der Waals surface area contributed by atoms with Gasteiger partial charge in [-0.1, -0.05) is 68.5 Å². The molecule has 2 N–H and O–H groups in total. The predicted octanol–water partition coefficient (Wildman–Crippen LogP) is 3.55. The number of rotatable bonds is 11. The van der Waals surface area contributed by atoms with Crippen LogP contribution in [0.5, 0.6) is 0 Å². The second-order valence-corrected chi connectivity index (χ2v) is 11.4. The second kappa shape index (κ2) is 13.9. The molecule has 1 saturated heterocycles. The minimum atomic E-state index is -3.67. The number of nitrogens with one attached hydrogen (secondary N) is 2. The minimum Gasteiger partial charge on any atom is -0.378 e. The molecule has 1 heterocycles. The lowest BCUT2D eigenvalue weighted by Gasteiger charge is -2.30. The number of hydrogen-bond donors (Lipinski definition) is 2. The number of hydrogen-bond acceptors (Lipinski definition) is 5. The molecule has 3 rings (SSSR count). The SMILES string of the molecule is CC(C)C[C@@H](NC(=O)N1CCOCC1)C(=O)N[C@H](/C=C/S(=O)(=O)c1ccccc1)CCc1ccccc1. The molecule has 37 heavy (non-hydrogen) atoms. The molecule has 8 nitrogen and oxygen atoms in total. The topological polar surface area (TPSA) is 105 Å². The zero-order valence-electron chi connectivity index (χ0n) is 21.5. The smallest absolute Gasteiger partial charge is 0.318 e. The summed E-state index contributed by atoms with van der Waals surface area (Å²) in [5, 5.41) is 7.00. The summed E-state index contributed by atoms with van der Waals surface area (Å²) in [5.41, 5.74) is 1.08. The Balaban J connectivity index is 1.75. The zero-order valence-corrected chi connectivity index (χ0v) is 22.3. The highest BCUT2D eigenvalue weighted by atomic mass is 32.2. The predicted molar refractivity (Wildman–Crippen MR) is 144 cm³/mol. The molecular weight excluding hydrogens is 490 g/mol. The molecule has 0 radical (unpaired) electrons. The second-order valence-electron chi connectivity index (χ2n) is 9.56. The molecule has 1 aliphatic rings. The molecule has 1 aliphatic heterocycles. The van der Waals surface area contributed by atoms with Crippen molar-refractivity contribution in [3.8, 4) is 0 Å². The average molecular weight is 528 g/mol. The average Bonchev–Trinajstić information content (AvgIpc) is 2.91. The highest BCUT2D eigenvalue weighted by molar-refractivity contribution is 7.94. The van der Waals surface area contributed by atoms with Crippen molar-refractivity contribution in [1.82, 2.24) is 15.5 Å². The summed E-state index contributed by atoms with van der Waals surface area (Å²) in [4.78, 5) is 28.0. The van der Waals surface area contributed by atoms with Gasteiger partial charge in [-0.15, -0.1) is 0 Å². The summed E-state index contributed by atoms with van der Waals surface area (Å²) < 4.78 is 31.0. The normalized spacial score (nSPS) is 15.9. The molecule has 0 unspecified atom stereocenters. The first-order valence-corrected chi connectivity index (χ1v) is 14.2. The number of morpholine rings is 1. The van der Waals surface area contributed by atoms with Crippen LogP contribution in [0.25, 0.3) is 0 Å². The van der Waals surface area contributed by atoms with E-state index in [1.165, 1.54) is 18.2 Å². The fraction of sp³-hybridized carbons (Fsp3) is 0.429. The van der Waals surface area contributed by atoms with Crippen LogP contribution < -0.4 is 10.6 Å². The van der Waals surface area contributed by atoms with Crippen molar-refractivity contribution in [2.75, 3.05) is 26.3 Å². The van der Waals surface area contributed by atoms with Crippen LogP contribution in [0.15, 0.2) is 77.0 Å².